The second-order valence-electron chi connectivity index (χ2n) is 3.50. The number of carbonyl (C=O) groups excluding carboxylic acids is 2. The molecule has 0 N–H and O–H groups in total. The highest BCUT2D eigenvalue weighted by atomic mass is 19.1. The van der Waals surface area contributed by atoms with E-state index >= 15 is 0 Å². The minimum Gasteiger partial charge on any atom is -0.298 e. The summed E-state index contributed by atoms with van der Waals surface area (Å²) in [6, 6.07) is 5.89. The Hall–Kier alpha value is -1.77. The van der Waals surface area contributed by atoms with Gasteiger partial charge in [-0.15, -0.1) is 0 Å². The second kappa shape index (κ2) is 3.77. The van der Waals surface area contributed by atoms with Crippen LogP contribution in [0.1, 0.15) is 17.9 Å². The van der Waals surface area contributed by atoms with Gasteiger partial charge >= 0.3 is 0 Å². The number of allylic oxidation sites excluding steroid dienone is 2. The first-order chi connectivity index (χ1) is 7.16. The van der Waals surface area contributed by atoms with Gasteiger partial charge in [-0.05, 0) is 23.8 Å². The van der Waals surface area contributed by atoms with Crippen molar-refractivity contribution in [1.29, 1.82) is 0 Å². The molecule has 1 atom stereocenters. The molecule has 0 fully saturated rings. The number of benzene rings is 1. The van der Waals surface area contributed by atoms with Gasteiger partial charge in [0.25, 0.3) is 0 Å². The van der Waals surface area contributed by atoms with Gasteiger partial charge in [-0.2, -0.15) is 0 Å². The summed E-state index contributed by atoms with van der Waals surface area (Å²) in [5.41, 5.74) is 0.601. The zero-order valence-electron chi connectivity index (χ0n) is 7.94. The Bertz CT molecular complexity index is 449. The lowest BCUT2D eigenvalue weighted by atomic mass is 9.88. The van der Waals surface area contributed by atoms with Crippen LogP contribution in [0.15, 0.2) is 36.4 Å². The van der Waals surface area contributed by atoms with E-state index in [1.165, 1.54) is 24.3 Å². The summed E-state index contributed by atoms with van der Waals surface area (Å²) in [6.45, 7) is 0. The van der Waals surface area contributed by atoms with E-state index in [-0.39, 0.29) is 23.8 Å². The highest BCUT2D eigenvalue weighted by Gasteiger charge is 2.23. The third kappa shape index (κ3) is 2.01. The van der Waals surface area contributed by atoms with Crippen LogP contribution in [0.4, 0.5) is 4.39 Å². The number of ketones is 2. The van der Waals surface area contributed by atoms with Gasteiger partial charge in [-0.25, -0.2) is 4.39 Å². The van der Waals surface area contributed by atoms with Crippen molar-refractivity contribution in [3.8, 4) is 0 Å². The van der Waals surface area contributed by atoms with Crippen molar-refractivity contribution >= 4 is 11.6 Å². The van der Waals surface area contributed by atoms with Crippen LogP contribution in [-0.2, 0) is 9.59 Å². The summed E-state index contributed by atoms with van der Waals surface area (Å²) in [5, 5.41) is 0. The molecule has 15 heavy (non-hydrogen) atoms. The molecule has 2 nitrogen and oxygen atoms in total. The van der Waals surface area contributed by atoms with Crippen LogP contribution in [0.25, 0.3) is 0 Å². The minimum absolute atomic E-state index is 0.0856. The number of hydrogen-bond donors (Lipinski definition) is 0. The summed E-state index contributed by atoms with van der Waals surface area (Å²) in [7, 11) is 0. The van der Waals surface area contributed by atoms with Gasteiger partial charge in [0.2, 0.25) is 0 Å². The molecular formula is C12H9FO2. The van der Waals surface area contributed by atoms with Crippen molar-refractivity contribution in [2.24, 2.45) is 0 Å². The lowest BCUT2D eigenvalue weighted by Gasteiger charge is -2.14. The maximum Gasteiger partial charge on any atom is 0.162 e. The maximum atomic E-state index is 12.9. The van der Waals surface area contributed by atoms with Crippen LogP contribution in [0.5, 0.6) is 0 Å². The van der Waals surface area contributed by atoms with Crippen LogP contribution in [0, 0.1) is 5.82 Å². The molecule has 0 saturated carbocycles. The molecule has 3 heteroatoms. The van der Waals surface area contributed by atoms with Gasteiger partial charge in [-0.3, -0.25) is 9.59 Å². The van der Waals surface area contributed by atoms with Crippen LogP contribution in [-0.4, -0.2) is 11.6 Å². The van der Waals surface area contributed by atoms with E-state index in [0.717, 1.165) is 0 Å². The zero-order chi connectivity index (χ0) is 10.8. The van der Waals surface area contributed by atoms with Crippen LogP contribution >= 0.6 is 0 Å². The lowest BCUT2D eigenvalue weighted by molar-refractivity contribution is -0.125. The molecule has 0 bridgehead atoms. The summed E-state index contributed by atoms with van der Waals surface area (Å²) in [6.07, 6.45) is 2.83. The topological polar surface area (TPSA) is 34.1 Å². The Morgan fingerprint density at radius 3 is 2.73 bits per heavy atom. The van der Waals surface area contributed by atoms with Crippen molar-refractivity contribution in [2.45, 2.75) is 12.3 Å². The molecule has 1 aliphatic rings. The van der Waals surface area contributed by atoms with Gasteiger partial charge in [0.15, 0.2) is 11.6 Å². The van der Waals surface area contributed by atoms with Crippen LogP contribution < -0.4 is 0 Å². The Labute approximate surface area is 86.4 Å². The predicted octanol–water partition coefficient (Wildman–Crippen LogP) is 2.01. The molecular weight excluding hydrogens is 195 g/mol. The number of carbonyl (C=O) groups is 2. The molecule has 0 spiro atoms. The first-order valence-electron chi connectivity index (χ1n) is 4.66. The molecule has 0 aliphatic heterocycles. The minimum atomic E-state index is -0.474. The Morgan fingerprint density at radius 1 is 1.27 bits per heavy atom. The SMILES string of the molecule is O=C1C=CC(c2cccc(F)c2)C(=O)C1. The first-order valence-corrected chi connectivity index (χ1v) is 4.66. The van der Waals surface area contributed by atoms with Crippen molar-refractivity contribution in [2.75, 3.05) is 0 Å². The standard InChI is InChI=1S/C12H9FO2/c13-9-3-1-2-8(6-9)11-5-4-10(14)7-12(11)15/h1-6,11H,7H2. The average Bonchev–Trinajstić information content (AvgIpc) is 2.17. The van der Waals surface area contributed by atoms with Gasteiger partial charge in [0, 0.05) is 0 Å². The van der Waals surface area contributed by atoms with E-state index in [1.54, 1.807) is 12.1 Å². The molecule has 1 aromatic rings. The normalized spacial score (nSPS) is 20.7. The molecule has 0 radical (unpaired) electrons. The van der Waals surface area contributed by atoms with Crippen molar-refractivity contribution < 1.29 is 14.0 Å². The Kier molecular flexibility index (Phi) is 2.46. The summed E-state index contributed by atoms with van der Waals surface area (Å²) in [4.78, 5) is 22.5. The summed E-state index contributed by atoms with van der Waals surface area (Å²) < 4.78 is 12.9. The van der Waals surface area contributed by atoms with Gasteiger partial charge < -0.3 is 0 Å². The highest BCUT2D eigenvalue weighted by Crippen LogP contribution is 2.23. The smallest absolute Gasteiger partial charge is 0.162 e. The van der Waals surface area contributed by atoms with E-state index in [9.17, 15) is 14.0 Å². The first kappa shape index (κ1) is 9.77. The predicted molar refractivity (Wildman–Crippen MR) is 52.9 cm³/mol. The monoisotopic (exact) mass is 204 g/mol. The third-order valence-corrected chi connectivity index (χ3v) is 2.38. The third-order valence-electron chi connectivity index (χ3n) is 2.38. The van der Waals surface area contributed by atoms with E-state index in [2.05, 4.69) is 0 Å². The molecule has 0 amide bonds. The number of Topliss-reactive ketones (excluding diaryl/α,β-unsaturated/α-hetero) is 1. The summed E-state index contributed by atoms with van der Waals surface area (Å²) in [5.74, 6) is -1.20. The molecule has 2 rings (SSSR count). The second-order valence-corrected chi connectivity index (χ2v) is 3.50. The molecule has 0 saturated heterocycles. The van der Waals surface area contributed by atoms with Crippen molar-refractivity contribution in [1.82, 2.24) is 0 Å². The molecule has 1 unspecified atom stereocenters. The Balaban J connectivity index is 2.35. The van der Waals surface area contributed by atoms with Crippen molar-refractivity contribution in [3.05, 3.63) is 47.8 Å². The van der Waals surface area contributed by atoms with E-state index < -0.39 is 5.92 Å². The molecule has 76 valence electrons. The summed E-state index contributed by atoms with van der Waals surface area (Å²) >= 11 is 0. The molecule has 0 aromatic heterocycles. The average molecular weight is 204 g/mol. The Morgan fingerprint density at radius 2 is 2.07 bits per heavy atom. The highest BCUT2D eigenvalue weighted by molar-refractivity contribution is 6.10. The van der Waals surface area contributed by atoms with E-state index in [0.29, 0.717) is 5.56 Å². The fourth-order valence-electron chi connectivity index (χ4n) is 1.65. The lowest BCUT2D eigenvalue weighted by Crippen LogP contribution is -2.18. The van der Waals surface area contributed by atoms with E-state index in [1.807, 2.05) is 0 Å². The number of hydrogen-bond acceptors (Lipinski definition) is 2. The van der Waals surface area contributed by atoms with Gasteiger partial charge in [0.05, 0.1) is 12.3 Å². The molecule has 1 aliphatic carbocycles. The number of halogens is 1. The van der Waals surface area contributed by atoms with Gasteiger partial charge in [-0.1, -0.05) is 18.2 Å². The molecule has 1 aromatic carbocycles. The van der Waals surface area contributed by atoms with Gasteiger partial charge in [0.1, 0.15) is 5.82 Å². The van der Waals surface area contributed by atoms with Crippen molar-refractivity contribution in [3.63, 3.8) is 0 Å². The number of rotatable bonds is 1. The maximum absolute atomic E-state index is 12.9. The quantitative estimate of drug-likeness (QED) is 0.656. The zero-order valence-corrected chi connectivity index (χ0v) is 7.94. The van der Waals surface area contributed by atoms with Crippen LogP contribution in [0.3, 0.4) is 0 Å². The fourth-order valence-corrected chi connectivity index (χ4v) is 1.65. The largest absolute Gasteiger partial charge is 0.298 e. The fraction of sp³-hybridized carbons (Fsp3) is 0.167. The molecule has 0 heterocycles. The van der Waals surface area contributed by atoms with Crippen LogP contribution in [0.2, 0.25) is 0 Å². The van der Waals surface area contributed by atoms with E-state index in [4.69, 9.17) is 0 Å².